The highest BCUT2D eigenvalue weighted by molar-refractivity contribution is 7.89. The molecule has 1 atom stereocenters. The second kappa shape index (κ2) is 6.36. The number of benzene rings is 1. The summed E-state index contributed by atoms with van der Waals surface area (Å²) in [5.74, 6) is -1.41. The van der Waals surface area contributed by atoms with E-state index >= 15 is 0 Å². The number of hydrogen-bond donors (Lipinski definition) is 1. The van der Waals surface area contributed by atoms with Gasteiger partial charge in [-0.15, -0.1) is 0 Å². The van der Waals surface area contributed by atoms with Crippen LogP contribution in [0.15, 0.2) is 29.2 Å². The lowest BCUT2D eigenvalue weighted by atomic mass is 10.1. The van der Waals surface area contributed by atoms with Crippen LogP contribution in [0, 0.1) is 5.92 Å². The third kappa shape index (κ3) is 4.81. The number of hydrogen-bond acceptors (Lipinski definition) is 4. The summed E-state index contributed by atoms with van der Waals surface area (Å²) >= 11 is 5.67. The van der Waals surface area contributed by atoms with Gasteiger partial charge in [0.1, 0.15) is 0 Å². The Morgan fingerprint density at radius 3 is 2.26 bits per heavy atom. The molecule has 1 rings (SSSR count). The quantitative estimate of drug-likeness (QED) is 0.841. The van der Waals surface area contributed by atoms with Gasteiger partial charge in [0.15, 0.2) is 0 Å². The van der Waals surface area contributed by atoms with Crippen LogP contribution in [-0.4, -0.2) is 20.4 Å². The maximum Gasteiger partial charge on any atom is 0.241 e. The summed E-state index contributed by atoms with van der Waals surface area (Å²) in [6.45, 7) is 3.60. The van der Waals surface area contributed by atoms with Crippen molar-refractivity contribution < 1.29 is 18.3 Å². The monoisotopic (exact) mass is 304 g/mol. The third-order valence-electron chi connectivity index (χ3n) is 2.41. The van der Waals surface area contributed by atoms with Crippen LogP contribution in [-0.2, 0) is 14.8 Å². The first-order chi connectivity index (χ1) is 8.72. The molecule has 1 aromatic carbocycles. The van der Waals surface area contributed by atoms with Gasteiger partial charge in [0.2, 0.25) is 10.0 Å². The number of carboxylic acids is 1. The second-order valence-electron chi connectivity index (χ2n) is 4.58. The van der Waals surface area contributed by atoms with Crippen molar-refractivity contribution in [1.82, 2.24) is 4.72 Å². The van der Waals surface area contributed by atoms with E-state index in [1.165, 1.54) is 24.3 Å². The van der Waals surface area contributed by atoms with Gasteiger partial charge in [0, 0.05) is 5.02 Å². The van der Waals surface area contributed by atoms with E-state index < -0.39 is 22.0 Å². The second-order valence-corrected chi connectivity index (χ2v) is 6.73. The SMILES string of the molecule is CC(C)C[C@@H](NS(=O)(=O)c1ccc(Cl)cc1)C(=O)[O-]. The molecule has 0 bridgehead atoms. The molecule has 0 radical (unpaired) electrons. The van der Waals surface area contributed by atoms with E-state index in [-0.39, 0.29) is 17.2 Å². The van der Waals surface area contributed by atoms with Gasteiger partial charge in [-0.2, -0.15) is 0 Å². The van der Waals surface area contributed by atoms with Crippen LogP contribution in [0.4, 0.5) is 0 Å². The van der Waals surface area contributed by atoms with Crippen molar-refractivity contribution in [3.8, 4) is 0 Å². The summed E-state index contributed by atoms with van der Waals surface area (Å²) in [7, 11) is -3.90. The highest BCUT2D eigenvalue weighted by Gasteiger charge is 2.21. The van der Waals surface area contributed by atoms with Crippen LogP contribution in [0.3, 0.4) is 0 Å². The summed E-state index contributed by atoms with van der Waals surface area (Å²) in [6, 6.07) is 4.22. The third-order valence-corrected chi connectivity index (χ3v) is 4.15. The predicted molar refractivity (Wildman–Crippen MR) is 70.0 cm³/mol. The zero-order chi connectivity index (χ0) is 14.6. The molecule has 0 spiro atoms. The maximum absolute atomic E-state index is 12.0. The normalized spacial score (nSPS) is 13.5. The molecule has 5 nitrogen and oxygen atoms in total. The van der Waals surface area contributed by atoms with E-state index in [1.54, 1.807) is 13.8 Å². The molecule has 0 aromatic heterocycles. The molecule has 0 heterocycles. The Kier molecular flexibility index (Phi) is 5.34. The standard InChI is InChI=1S/C12H16ClNO4S/c1-8(2)7-11(12(15)16)14-19(17,18)10-5-3-9(13)4-6-10/h3-6,8,11,14H,7H2,1-2H3,(H,15,16)/p-1/t11-/m1/s1. The lowest BCUT2D eigenvalue weighted by Gasteiger charge is -2.21. The Morgan fingerprint density at radius 1 is 1.32 bits per heavy atom. The van der Waals surface area contributed by atoms with Crippen molar-refractivity contribution in [3.05, 3.63) is 29.3 Å². The smallest absolute Gasteiger partial charge is 0.241 e. The molecule has 1 aromatic rings. The van der Waals surface area contributed by atoms with E-state index in [0.29, 0.717) is 5.02 Å². The summed E-state index contributed by atoms with van der Waals surface area (Å²) < 4.78 is 26.1. The van der Waals surface area contributed by atoms with Crippen molar-refractivity contribution in [3.63, 3.8) is 0 Å². The molecule has 0 unspecified atom stereocenters. The minimum absolute atomic E-state index is 0.0239. The highest BCUT2D eigenvalue weighted by atomic mass is 35.5. The summed E-state index contributed by atoms with van der Waals surface area (Å²) in [5, 5.41) is 11.3. The lowest BCUT2D eigenvalue weighted by Crippen LogP contribution is -2.48. The first-order valence-corrected chi connectivity index (χ1v) is 7.57. The molecule has 0 aliphatic rings. The van der Waals surface area contributed by atoms with Crippen LogP contribution in [0.2, 0.25) is 5.02 Å². The van der Waals surface area contributed by atoms with Gasteiger partial charge in [-0.1, -0.05) is 25.4 Å². The molecule has 0 saturated heterocycles. The average molecular weight is 305 g/mol. The number of carbonyl (C=O) groups excluding carboxylic acids is 1. The van der Waals surface area contributed by atoms with Gasteiger partial charge in [0.25, 0.3) is 0 Å². The van der Waals surface area contributed by atoms with Gasteiger partial charge in [-0.05, 0) is 36.6 Å². The minimum atomic E-state index is -3.90. The molecule has 0 fully saturated rings. The first-order valence-electron chi connectivity index (χ1n) is 5.71. The highest BCUT2D eigenvalue weighted by Crippen LogP contribution is 2.15. The molecule has 1 N–H and O–H groups in total. The van der Waals surface area contributed by atoms with Crippen molar-refractivity contribution in [1.29, 1.82) is 0 Å². The lowest BCUT2D eigenvalue weighted by molar-refractivity contribution is -0.308. The van der Waals surface area contributed by atoms with Crippen LogP contribution in [0.1, 0.15) is 20.3 Å². The summed E-state index contributed by atoms with van der Waals surface area (Å²) in [4.78, 5) is 10.9. The Labute approximate surface area is 117 Å². The van der Waals surface area contributed by atoms with E-state index in [2.05, 4.69) is 4.72 Å². The largest absolute Gasteiger partial charge is 0.548 e. The van der Waals surface area contributed by atoms with E-state index in [4.69, 9.17) is 11.6 Å². The first kappa shape index (κ1) is 15.9. The summed E-state index contributed by atoms with van der Waals surface area (Å²) in [5.41, 5.74) is 0. The van der Waals surface area contributed by atoms with Crippen LogP contribution >= 0.6 is 11.6 Å². The fourth-order valence-electron chi connectivity index (χ4n) is 1.53. The predicted octanol–water partition coefficient (Wildman–Crippen LogP) is 0.783. The molecular weight excluding hydrogens is 290 g/mol. The molecule has 0 aliphatic heterocycles. The van der Waals surface area contributed by atoms with Crippen LogP contribution in [0.5, 0.6) is 0 Å². The van der Waals surface area contributed by atoms with Crippen LogP contribution in [0.25, 0.3) is 0 Å². The number of sulfonamides is 1. The Morgan fingerprint density at radius 2 is 1.84 bits per heavy atom. The van der Waals surface area contributed by atoms with Gasteiger partial charge in [-0.3, -0.25) is 0 Å². The molecule has 106 valence electrons. The van der Waals surface area contributed by atoms with Gasteiger partial charge in [-0.25, -0.2) is 13.1 Å². The van der Waals surface area contributed by atoms with Crippen molar-refractivity contribution in [2.24, 2.45) is 5.92 Å². The zero-order valence-corrected chi connectivity index (χ0v) is 12.2. The maximum atomic E-state index is 12.0. The van der Waals surface area contributed by atoms with Crippen molar-refractivity contribution >= 4 is 27.6 Å². The number of halogens is 1. The molecule has 0 amide bonds. The molecule has 7 heteroatoms. The Balaban J connectivity index is 2.94. The van der Waals surface area contributed by atoms with Crippen LogP contribution < -0.4 is 9.83 Å². The van der Waals surface area contributed by atoms with Crippen molar-refractivity contribution in [2.45, 2.75) is 31.2 Å². The zero-order valence-electron chi connectivity index (χ0n) is 10.6. The van der Waals surface area contributed by atoms with Gasteiger partial charge < -0.3 is 9.90 Å². The van der Waals surface area contributed by atoms with E-state index in [0.717, 1.165) is 0 Å². The van der Waals surface area contributed by atoms with Crippen molar-refractivity contribution in [2.75, 3.05) is 0 Å². The Bertz CT molecular complexity index is 539. The number of carbonyl (C=O) groups is 1. The fourth-order valence-corrected chi connectivity index (χ4v) is 2.86. The number of carboxylic acid groups (broad SMARTS) is 1. The number of rotatable bonds is 6. The average Bonchev–Trinajstić information content (AvgIpc) is 2.27. The molecule has 0 aliphatic carbocycles. The molecular formula is C12H15ClNO4S-. The topological polar surface area (TPSA) is 86.3 Å². The molecule has 19 heavy (non-hydrogen) atoms. The van der Waals surface area contributed by atoms with Gasteiger partial charge in [0.05, 0.1) is 16.9 Å². The number of nitrogens with one attached hydrogen (secondary N) is 1. The molecule has 0 saturated carbocycles. The Hall–Kier alpha value is -1.11. The fraction of sp³-hybridized carbons (Fsp3) is 0.417. The summed E-state index contributed by atoms with van der Waals surface area (Å²) in [6.07, 6.45) is 0.162. The number of aliphatic carboxylic acids is 1. The van der Waals surface area contributed by atoms with Gasteiger partial charge >= 0.3 is 0 Å². The van der Waals surface area contributed by atoms with E-state index in [1.807, 2.05) is 0 Å². The minimum Gasteiger partial charge on any atom is -0.548 e. The van der Waals surface area contributed by atoms with E-state index in [9.17, 15) is 18.3 Å².